The average Bonchev–Trinajstić information content (AvgIpc) is 2.93. The standard InChI is InChI=1S/C34H40O5Si/c1-22(2)40(23(3)4,24(5)6)39-30-16-10-26(11-17-30)34(36)33-31(18-12-27-20-28(35)13-19-32(27)33)25-8-14-29(15-9-25)38-21-37-7/h8-20,22-24,35H,21H2,1-7H3. The zero-order chi connectivity index (χ0) is 29.0. The van der Waals surface area contributed by atoms with Crippen molar-refractivity contribution in [3.05, 3.63) is 90.0 Å². The van der Waals surface area contributed by atoms with Gasteiger partial charge in [-0.05, 0) is 93.1 Å². The molecule has 0 fully saturated rings. The first-order valence-corrected chi connectivity index (χ1v) is 16.0. The Labute approximate surface area is 238 Å². The molecule has 0 saturated carbocycles. The quantitative estimate of drug-likeness (QED) is 0.113. The zero-order valence-electron chi connectivity index (χ0n) is 24.5. The minimum atomic E-state index is -2.11. The van der Waals surface area contributed by atoms with Gasteiger partial charge >= 0.3 is 0 Å². The predicted molar refractivity (Wildman–Crippen MR) is 165 cm³/mol. The molecule has 0 aliphatic carbocycles. The smallest absolute Gasteiger partial charge is 0.258 e. The highest BCUT2D eigenvalue weighted by molar-refractivity contribution is 6.78. The molecule has 0 aliphatic heterocycles. The summed E-state index contributed by atoms with van der Waals surface area (Å²) >= 11 is 0. The minimum absolute atomic E-state index is 0.0855. The van der Waals surface area contributed by atoms with Gasteiger partial charge in [0.25, 0.3) is 8.32 Å². The maximum atomic E-state index is 14.1. The van der Waals surface area contributed by atoms with E-state index in [-0.39, 0.29) is 18.3 Å². The molecule has 0 amide bonds. The van der Waals surface area contributed by atoms with Crippen LogP contribution in [0.2, 0.25) is 16.6 Å². The Kier molecular flexibility index (Phi) is 9.01. The van der Waals surface area contributed by atoms with Crippen molar-refractivity contribution in [2.24, 2.45) is 0 Å². The minimum Gasteiger partial charge on any atom is -0.543 e. The van der Waals surface area contributed by atoms with E-state index in [4.69, 9.17) is 13.9 Å². The Hall–Kier alpha value is -3.61. The van der Waals surface area contributed by atoms with Gasteiger partial charge in [0.2, 0.25) is 0 Å². The van der Waals surface area contributed by atoms with Gasteiger partial charge in [0.1, 0.15) is 17.2 Å². The van der Waals surface area contributed by atoms with Gasteiger partial charge < -0.3 is 19.0 Å². The van der Waals surface area contributed by atoms with Crippen molar-refractivity contribution in [3.8, 4) is 28.4 Å². The molecule has 0 bridgehead atoms. The third kappa shape index (κ3) is 5.79. The lowest BCUT2D eigenvalue weighted by molar-refractivity contribution is 0.0511. The van der Waals surface area contributed by atoms with Gasteiger partial charge in [0, 0.05) is 18.2 Å². The molecule has 0 heterocycles. The Morgan fingerprint density at radius 3 is 1.95 bits per heavy atom. The number of rotatable bonds is 11. The van der Waals surface area contributed by atoms with Crippen molar-refractivity contribution in [1.29, 1.82) is 0 Å². The largest absolute Gasteiger partial charge is 0.543 e. The molecule has 0 saturated heterocycles. The molecular formula is C34H40O5Si. The van der Waals surface area contributed by atoms with Gasteiger partial charge in [-0.15, -0.1) is 0 Å². The lowest BCUT2D eigenvalue weighted by Gasteiger charge is -2.42. The van der Waals surface area contributed by atoms with Gasteiger partial charge in [-0.1, -0.05) is 65.8 Å². The Bertz CT molecular complexity index is 1430. The topological polar surface area (TPSA) is 65.0 Å². The van der Waals surface area contributed by atoms with Crippen LogP contribution in [0.5, 0.6) is 17.2 Å². The summed E-state index contributed by atoms with van der Waals surface area (Å²) in [6.45, 7) is 13.7. The van der Waals surface area contributed by atoms with Crippen molar-refractivity contribution in [1.82, 2.24) is 0 Å². The monoisotopic (exact) mass is 556 g/mol. The van der Waals surface area contributed by atoms with Crippen molar-refractivity contribution >= 4 is 24.9 Å². The third-order valence-electron chi connectivity index (χ3n) is 7.86. The van der Waals surface area contributed by atoms with Gasteiger partial charge in [0.15, 0.2) is 12.6 Å². The molecule has 4 rings (SSSR count). The van der Waals surface area contributed by atoms with Crippen molar-refractivity contribution < 1.29 is 23.8 Å². The van der Waals surface area contributed by atoms with E-state index in [9.17, 15) is 9.90 Å². The lowest BCUT2D eigenvalue weighted by atomic mass is 9.89. The van der Waals surface area contributed by atoms with E-state index in [0.29, 0.717) is 33.5 Å². The second kappa shape index (κ2) is 12.3. The third-order valence-corrected chi connectivity index (χ3v) is 13.9. The Morgan fingerprint density at radius 2 is 1.38 bits per heavy atom. The number of fused-ring (bicyclic) bond motifs is 1. The van der Waals surface area contributed by atoms with Crippen LogP contribution in [-0.2, 0) is 4.74 Å². The van der Waals surface area contributed by atoms with Crippen LogP contribution < -0.4 is 9.16 Å². The van der Waals surface area contributed by atoms with Crippen molar-refractivity contribution in [2.75, 3.05) is 13.9 Å². The molecule has 0 radical (unpaired) electrons. The second-order valence-electron chi connectivity index (χ2n) is 11.2. The van der Waals surface area contributed by atoms with Crippen molar-refractivity contribution in [3.63, 3.8) is 0 Å². The first-order valence-electron chi connectivity index (χ1n) is 13.9. The van der Waals surface area contributed by atoms with Crippen LogP contribution in [0.4, 0.5) is 0 Å². The molecule has 5 nitrogen and oxygen atoms in total. The van der Waals surface area contributed by atoms with E-state index >= 15 is 0 Å². The number of carbonyl (C=O) groups is 1. The van der Waals surface area contributed by atoms with Crippen LogP contribution in [0.25, 0.3) is 21.9 Å². The van der Waals surface area contributed by atoms with E-state index < -0.39 is 8.32 Å². The summed E-state index contributed by atoms with van der Waals surface area (Å²) < 4.78 is 17.4. The summed E-state index contributed by atoms with van der Waals surface area (Å²) in [6.07, 6.45) is 0. The highest BCUT2D eigenvalue weighted by Gasteiger charge is 2.47. The Morgan fingerprint density at radius 1 is 0.775 bits per heavy atom. The number of phenols is 1. The number of carbonyl (C=O) groups excluding carboxylic acids is 1. The molecule has 0 aromatic heterocycles. The van der Waals surface area contributed by atoms with Crippen LogP contribution in [-0.4, -0.2) is 33.1 Å². The van der Waals surface area contributed by atoms with Crippen molar-refractivity contribution in [2.45, 2.75) is 58.2 Å². The normalized spacial score (nSPS) is 11.9. The molecule has 210 valence electrons. The molecule has 40 heavy (non-hydrogen) atoms. The van der Waals surface area contributed by atoms with Gasteiger partial charge in [-0.2, -0.15) is 0 Å². The second-order valence-corrected chi connectivity index (χ2v) is 16.6. The number of ketones is 1. The molecule has 1 N–H and O–H groups in total. The number of ether oxygens (including phenoxy) is 2. The van der Waals surface area contributed by atoms with Crippen LogP contribution in [0.15, 0.2) is 78.9 Å². The number of phenolic OH excluding ortho intramolecular Hbond substituents is 1. The fourth-order valence-electron chi connectivity index (χ4n) is 6.04. The van der Waals surface area contributed by atoms with E-state index in [1.165, 1.54) is 0 Å². The highest BCUT2D eigenvalue weighted by atomic mass is 28.4. The van der Waals surface area contributed by atoms with E-state index in [2.05, 4.69) is 41.5 Å². The fourth-order valence-corrected chi connectivity index (χ4v) is 11.3. The Balaban J connectivity index is 1.75. The first-order chi connectivity index (χ1) is 19.1. The lowest BCUT2D eigenvalue weighted by Crippen LogP contribution is -2.50. The van der Waals surface area contributed by atoms with E-state index in [1.807, 2.05) is 66.7 Å². The molecule has 4 aromatic rings. The molecule has 6 heteroatoms. The summed E-state index contributed by atoms with van der Waals surface area (Å²) in [6, 6.07) is 24.2. The maximum Gasteiger partial charge on any atom is 0.258 e. The molecule has 4 aromatic carbocycles. The van der Waals surface area contributed by atoms with Crippen LogP contribution >= 0.6 is 0 Å². The summed E-state index contributed by atoms with van der Waals surface area (Å²) in [4.78, 5) is 14.1. The molecule has 0 atom stereocenters. The maximum absolute atomic E-state index is 14.1. The average molecular weight is 557 g/mol. The van der Waals surface area contributed by atoms with E-state index in [0.717, 1.165) is 27.6 Å². The summed E-state index contributed by atoms with van der Waals surface area (Å²) in [5.74, 6) is 1.57. The van der Waals surface area contributed by atoms with Crippen LogP contribution in [0, 0.1) is 0 Å². The summed E-state index contributed by atoms with van der Waals surface area (Å²) in [7, 11) is -0.533. The SMILES string of the molecule is COCOc1ccc(-c2ccc3cc(O)ccc3c2C(=O)c2ccc(O[Si](C(C)C)(C(C)C)C(C)C)cc2)cc1. The fraction of sp³-hybridized carbons (Fsp3) is 0.324. The number of aromatic hydroxyl groups is 1. The number of hydrogen-bond donors (Lipinski definition) is 1. The first kappa shape index (κ1) is 29.4. The van der Waals surface area contributed by atoms with Crippen LogP contribution in [0.1, 0.15) is 57.5 Å². The van der Waals surface area contributed by atoms with Gasteiger partial charge in [0.05, 0.1) is 0 Å². The number of methoxy groups -OCH3 is 1. The highest BCUT2D eigenvalue weighted by Crippen LogP contribution is 2.43. The summed E-state index contributed by atoms with van der Waals surface area (Å²) in [5, 5.41) is 11.7. The number of hydrogen-bond acceptors (Lipinski definition) is 5. The molecule has 0 aliphatic rings. The molecule has 0 spiro atoms. The van der Waals surface area contributed by atoms with Gasteiger partial charge in [-0.3, -0.25) is 4.79 Å². The van der Waals surface area contributed by atoms with E-state index in [1.54, 1.807) is 19.2 Å². The van der Waals surface area contributed by atoms with Crippen LogP contribution in [0.3, 0.4) is 0 Å². The predicted octanol–water partition coefficient (Wildman–Crippen LogP) is 8.98. The zero-order valence-corrected chi connectivity index (χ0v) is 25.5. The molecule has 0 unspecified atom stereocenters. The molecular weight excluding hydrogens is 516 g/mol. The van der Waals surface area contributed by atoms with Gasteiger partial charge in [-0.25, -0.2) is 0 Å². The number of benzene rings is 4. The summed E-state index contributed by atoms with van der Waals surface area (Å²) in [5.41, 5.74) is 4.24.